The van der Waals surface area contributed by atoms with Gasteiger partial charge in [0.15, 0.2) is 17.5 Å². The van der Waals surface area contributed by atoms with E-state index in [9.17, 15) is 0 Å². The van der Waals surface area contributed by atoms with Gasteiger partial charge in [0.1, 0.15) is 11.2 Å². The minimum Gasteiger partial charge on any atom is -0.456 e. The van der Waals surface area contributed by atoms with Crippen molar-refractivity contribution in [2.24, 2.45) is 0 Å². The lowest BCUT2D eigenvalue weighted by Gasteiger charge is -2.12. The molecule has 0 atom stereocenters. The molecule has 0 N–H and O–H groups in total. The molecule has 0 aliphatic heterocycles. The monoisotopic (exact) mass is 627 g/mol. The molecule has 0 spiro atoms. The number of hydrogen-bond donors (Lipinski definition) is 0. The van der Waals surface area contributed by atoms with Crippen LogP contribution >= 0.6 is 0 Å². The second-order valence-electron chi connectivity index (χ2n) is 12.0. The van der Waals surface area contributed by atoms with Crippen molar-refractivity contribution >= 4 is 21.9 Å². The highest BCUT2D eigenvalue weighted by Gasteiger charge is 2.19. The van der Waals surface area contributed by atoms with Crippen molar-refractivity contribution in [2.75, 3.05) is 0 Å². The molecule has 4 nitrogen and oxygen atoms in total. The number of fused-ring (bicyclic) bond motifs is 3. The quantitative estimate of drug-likeness (QED) is 0.184. The lowest BCUT2D eigenvalue weighted by Crippen LogP contribution is -2.00. The van der Waals surface area contributed by atoms with Crippen LogP contribution < -0.4 is 0 Å². The first kappa shape index (κ1) is 28.6. The zero-order chi connectivity index (χ0) is 32.6. The molecular weight excluding hydrogens is 599 g/mol. The first-order valence-corrected chi connectivity index (χ1v) is 16.4. The molecule has 2 aromatic heterocycles. The Balaban J connectivity index is 1.19. The zero-order valence-corrected chi connectivity index (χ0v) is 26.5. The minimum atomic E-state index is 0.602. The van der Waals surface area contributed by atoms with E-state index in [1.807, 2.05) is 78.9 Å². The maximum Gasteiger partial charge on any atom is 0.164 e. The van der Waals surface area contributed by atoms with Crippen LogP contribution in [0.25, 0.3) is 89.5 Å². The van der Waals surface area contributed by atoms with E-state index in [4.69, 9.17) is 19.4 Å². The van der Waals surface area contributed by atoms with Crippen LogP contribution in [0.1, 0.15) is 0 Å². The van der Waals surface area contributed by atoms with Gasteiger partial charge in [0.05, 0.1) is 0 Å². The Hall–Kier alpha value is -6.65. The summed E-state index contributed by atoms with van der Waals surface area (Å²) >= 11 is 0. The molecule has 230 valence electrons. The summed E-state index contributed by atoms with van der Waals surface area (Å²) in [6.45, 7) is 0. The fourth-order valence-corrected chi connectivity index (χ4v) is 6.57. The number of nitrogens with zero attached hydrogens (tertiary/aromatic N) is 3. The number of aromatic nitrogens is 3. The maximum absolute atomic E-state index is 6.43. The molecule has 0 radical (unpaired) electrons. The van der Waals surface area contributed by atoms with E-state index < -0.39 is 0 Å². The minimum absolute atomic E-state index is 0.602. The third kappa shape index (κ3) is 5.35. The van der Waals surface area contributed by atoms with Gasteiger partial charge in [0, 0.05) is 27.5 Å². The van der Waals surface area contributed by atoms with Crippen molar-refractivity contribution in [2.45, 2.75) is 0 Å². The first-order chi connectivity index (χ1) is 24.3. The Bertz CT molecular complexity index is 2520. The van der Waals surface area contributed by atoms with Crippen molar-refractivity contribution in [3.8, 4) is 67.5 Å². The van der Waals surface area contributed by atoms with Crippen LogP contribution in [-0.2, 0) is 0 Å². The molecule has 0 saturated heterocycles. The van der Waals surface area contributed by atoms with Gasteiger partial charge in [-0.15, -0.1) is 0 Å². The molecule has 0 amide bonds. The second kappa shape index (κ2) is 12.2. The summed E-state index contributed by atoms with van der Waals surface area (Å²) < 4.78 is 6.43. The van der Waals surface area contributed by atoms with E-state index in [1.165, 1.54) is 22.3 Å². The number of benzene rings is 7. The molecule has 9 rings (SSSR count). The highest BCUT2D eigenvalue weighted by atomic mass is 16.3. The zero-order valence-electron chi connectivity index (χ0n) is 26.5. The van der Waals surface area contributed by atoms with Crippen molar-refractivity contribution < 1.29 is 4.42 Å². The highest BCUT2D eigenvalue weighted by molar-refractivity contribution is 6.13. The molecule has 0 fully saturated rings. The van der Waals surface area contributed by atoms with Gasteiger partial charge in [-0.25, -0.2) is 15.0 Å². The van der Waals surface area contributed by atoms with Gasteiger partial charge >= 0.3 is 0 Å². The number of rotatable bonds is 6. The van der Waals surface area contributed by atoms with E-state index in [1.54, 1.807) is 0 Å². The molecule has 0 aliphatic rings. The van der Waals surface area contributed by atoms with E-state index in [0.29, 0.717) is 17.5 Å². The van der Waals surface area contributed by atoms with E-state index >= 15 is 0 Å². The highest BCUT2D eigenvalue weighted by Crippen LogP contribution is 2.40. The summed E-state index contributed by atoms with van der Waals surface area (Å²) in [5, 5.41) is 1.99. The van der Waals surface area contributed by atoms with E-state index in [2.05, 4.69) is 97.1 Å². The van der Waals surface area contributed by atoms with Crippen LogP contribution in [0.15, 0.2) is 180 Å². The fraction of sp³-hybridized carbons (Fsp3) is 0. The van der Waals surface area contributed by atoms with Crippen LogP contribution in [0.4, 0.5) is 0 Å². The summed E-state index contributed by atoms with van der Waals surface area (Å²) in [5.74, 6) is 1.86. The summed E-state index contributed by atoms with van der Waals surface area (Å²) in [5.41, 5.74) is 11.4. The van der Waals surface area contributed by atoms with Crippen molar-refractivity contribution in [1.82, 2.24) is 15.0 Å². The normalized spacial score (nSPS) is 11.3. The van der Waals surface area contributed by atoms with Crippen molar-refractivity contribution in [3.05, 3.63) is 176 Å². The first-order valence-electron chi connectivity index (χ1n) is 16.4. The van der Waals surface area contributed by atoms with Gasteiger partial charge in [-0.05, 0) is 51.6 Å². The largest absolute Gasteiger partial charge is 0.456 e. The predicted molar refractivity (Wildman–Crippen MR) is 200 cm³/mol. The summed E-state index contributed by atoms with van der Waals surface area (Å²) in [7, 11) is 0. The summed E-state index contributed by atoms with van der Waals surface area (Å²) in [6.07, 6.45) is 0. The molecule has 7 aromatic carbocycles. The van der Waals surface area contributed by atoms with Crippen LogP contribution in [0.2, 0.25) is 0 Å². The molecule has 4 heteroatoms. The van der Waals surface area contributed by atoms with Crippen LogP contribution in [0.5, 0.6) is 0 Å². The Morgan fingerprint density at radius 2 is 0.776 bits per heavy atom. The molecular formula is C45H29N3O. The fourth-order valence-electron chi connectivity index (χ4n) is 6.57. The van der Waals surface area contributed by atoms with E-state index in [0.717, 1.165) is 49.8 Å². The third-order valence-corrected chi connectivity index (χ3v) is 8.98. The Labute approximate surface area is 284 Å². The lowest BCUT2D eigenvalue weighted by molar-refractivity contribution is 0.669. The molecule has 9 aromatic rings. The Morgan fingerprint density at radius 1 is 0.306 bits per heavy atom. The Kier molecular flexibility index (Phi) is 7.10. The SMILES string of the molecule is c1ccc(-c2ccc(-c3ccccc3-c3ccc4oc5cccc(-c6nc(-c7ccccc7)nc(-c7ccccc7)n6)c5c4c3)cc2)cc1. The van der Waals surface area contributed by atoms with Crippen LogP contribution in [0, 0.1) is 0 Å². The molecule has 49 heavy (non-hydrogen) atoms. The Morgan fingerprint density at radius 3 is 1.41 bits per heavy atom. The van der Waals surface area contributed by atoms with E-state index in [-0.39, 0.29) is 0 Å². The van der Waals surface area contributed by atoms with Gasteiger partial charge in [0.2, 0.25) is 0 Å². The molecule has 2 heterocycles. The van der Waals surface area contributed by atoms with Gasteiger partial charge in [-0.3, -0.25) is 0 Å². The van der Waals surface area contributed by atoms with Crippen molar-refractivity contribution in [1.29, 1.82) is 0 Å². The summed E-state index contributed by atoms with van der Waals surface area (Å²) in [4.78, 5) is 15.0. The van der Waals surface area contributed by atoms with Gasteiger partial charge in [0.25, 0.3) is 0 Å². The molecule has 0 unspecified atom stereocenters. The molecule has 0 saturated carbocycles. The smallest absolute Gasteiger partial charge is 0.164 e. The lowest BCUT2D eigenvalue weighted by atomic mass is 9.92. The molecule has 0 aliphatic carbocycles. The van der Waals surface area contributed by atoms with Crippen LogP contribution in [-0.4, -0.2) is 15.0 Å². The van der Waals surface area contributed by atoms with Gasteiger partial charge < -0.3 is 4.42 Å². The van der Waals surface area contributed by atoms with Gasteiger partial charge in [-0.2, -0.15) is 0 Å². The average Bonchev–Trinajstić information content (AvgIpc) is 3.57. The maximum atomic E-state index is 6.43. The van der Waals surface area contributed by atoms with Crippen LogP contribution in [0.3, 0.4) is 0 Å². The average molecular weight is 628 g/mol. The second-order valence-corrected chi connectivity index (χ2v) is 12.0. The standard InChI is InChI=1S/C45H29N3O/c1-4-13-30(14-5-1)31-23-25-32(26-24-31)36-19-10-11-20-37(36)35-27-28-40-39(29-35)42-38(21-12-22-41(42)49-40)45-47-43(33-15-6-2-7-16-33)46-44(48-45)34-17-8-3-9-18-34/h1-29H. The summed E-state index contributed by atoms with van der Waals surface area (Å²) in [6, 6.07) is 60.5. The number of furan rings is 1. The topological polar surface area (TPSA) is 51.8 Å². The third-order valence-electron chi connectivity index (χ3n) is 8.98. The van der Waals surface area contributed by atoms with Gasteiger partial charge in [-0.1, -0.05) is 158 Å². The molecule has 0 bridgehead atoms. The predicted octanol–water partition coefficient (Wildman–Crippen LogP) is 11.8. The number of hydrogen-bond acceptors (Lipinski definition) is 4. The van der Waals surface area contributed by atoms with Crippen molar-refractivity contribution in [3.63, 3.8) is 0 Å².